The Kier molecular flexibility index (Phi) is 3.89. The molecule has 0 aromatic heterocycles. The summed E-state index contributed by atoms with van der Waals surface area (Å²) in [6.07, 6.45) is 6.74. The van der Waals surface area contributed by atoms with Crippen molar-refractivity contribution in [3.05, 3.63) is 23.8 Å². The van der Waals surface area contributed by atoms with Crippen LogP contribution in [0.5, 0.6) is 11.5 Å². The molecule has 1 aromatic rings. The van der Waals surface area contributed by atoms with Gasteiger partial charge in [-0.3, -0.25) is 0 Å². The number of benzene rings is 1. The second kappa shape index (κ2) is 6.04. The minimum Gasteiger partial charge on any atom is -0.493 e. The molecular weight excluding hydrogens is 294 g/mol. The van der Waals surface area contributed by atoms with Crippen LogP contribution in [0, 0.1) is 0 Å². The van der Waals surface area contributed by atoms with Gasteiger partial charge in [0.2, 0.25) is 0 Å². The van der Waals surface area contributed by atoms with Crippen molar-refractivity contribution < 1.29 is 19.0 Å². The molecule has 5 nitrogen and oxygen atoms in total. The molecule has 0 N–H and O–H groups in total. The molecule has 1 saturated carbocycles. The lowest BCUT2D eigenvalue weighted by Crippen LogP contribution is -2.29. The smallest absolute Gasteiger partial charge is 0.168 e. The monoisotopic (exact) mass is 317 g/mol. The van der Waals surface area contributed by atoms with E-state index in [-0.39, 0.29) is 5.60 Å². The largest absolute Gasteiger partial charge is 0.493 e. The Hall–Kier alpha value is -1.75. The number of hydrogen-bond donors (Lipinski definition) is 0. The molecule has 0 bridgehead atoms. The Balaban J connectivity index is 1.54. The summed E-state index contributed by atoms with van der Waals surface area (Å²) in [7, 11) is 1.68. The Morgan fingerprint density at radius 1 is 1.22 bits per heavy atom. The highest BCUT2D eigenvalue weighted by atomic mass is 16.7. The molecule has 2 fully saturated rings. The van der Waals surface area contributed by atoms with E-state index < -0.39 is 0 Å². The zero-order valence-electron chi connectivity index (χ0n) is 13.5. The molecule has 1 saturated heterocycles. The molecule has 0 amide bonds. The van der Waals surface area contributed by atoms with Crippen molar-refractivity contribution in [1.29, 1.82) is 0 Å². The highest BCUT2D eigenvalue weighted by Gasteiger charge is 2.43. The third kappa shape index (κ3) is 2.90. The lowest BCUT2D eigenvalue weighted by molar-refractivity contribution is -0.0237. The Bertz CT molecular complexity index is 601. The maximum Gasteiger partial charge on any atom is 0.168 e. The van der Waals surface area contributed by atoms with Gasteiger partial charge in [-0.2, -0.15) is 0 Å². The van der Waals surface area contributed by atoms with E-state index in [2.05, 4.69) is 5.16 Å². The topological polar surface area (TPSA) is 49.3 Å². The number of nitrogens with zero attached hydrogens (tertiary/aromatic N) is 1. The summed E-state index contributed by atoms with van der Waals surface area (Å²) in [6, 6.07) is 6.02. The molecule has 23 heavy (non-hydrogen) atoms. The molecule has 1 aliphatic carbocycles. The van der Waals surface area contributed by atoms with Crippen molar-refractivity contribution in [3.8, 4) is 11.5 Å². The third-order valence-electron chi connectivity index (χ3n) is 5.00. The molecule has 0 unspecified atom stereocenters. The molecule has 2 aliphatic heterocycles. The van der Waals surface area contributed by atoms with Gasteiger partial charge in [-0.25, -0.2) is 0 Å². The first-order valence-electron chi connectivity index (χ1n) is 8.46. The van der Waals surface area contributed by atoms with E-state index in [0.717, 1.165) is 55.1 Å². The van der Waals surface area contributed by atoms with Crippen LogP contribution in [-0.2, 0) is 9.57 Å². The molecule has 1 spiro atoms. The van der Waals surface area contributed by atoms with Gasteiger partial charge in [0.1, 0.15) is 0 Å². The van der Waals surface area contributed by atoms with Gasteiger partial charge in [0, 0.05) is 18.4 Å². The second-order valence-electron chi connectivity index (χ2n) is 6.68. The standard InChI is InChI=1S/C18H23NO4/c1-20-16-7-6-13(10-17(16)22-14-4-2-3-5-14)15-11-18(23-19-15)8-9-21-12-18/h6-7,10,14H,2-5,8-9,11-12H2,1H3/t18-/m1/s1. The molecule has 1 aromatic carbocycles. The zero-order valence-corrected chi connectivity index (χ0v) is 13.5. The van der Waals surface area contributed by atoms with E-state index in [9.17, 15) is 0 Å². The van der Waals surface area contributed by atoms with Gasteiger partial charge in [-0.05, 0) is 43.9 Å². The fraction of sp³-hybridized carbons (Fsp3) is 0.611. The van der Waals surface area contributed by atoms with Crippen molar-refractivity contribution in [2.24, 2.45) is 5.16 Å². The molecule has 2 heterocycles. The van der Waals surface area contributed by atoms with Gasteiger partial charge < -0.3 is 19.0 Å². The fourth-order valence-electron chi connectivity index (χ4n) is 3.61. The minimum absolute atomic E-state index is 0.248. The number of methoxy groups -OCH3 is 1. The first kappa shape index (κ1) is 14.8. The van der Waals surface area contributed by atoms with Crippen LogP contribution in [0.4, 0.5) is 0 Å². The normalized spacial score (nSPS) is 27.3. The van der Waals surface area contributed by atoms with Gasteiger partial charge in [-0.15, -0.1) is 0 Å². The number of ether oxygens (including phenoxy) is 3. The van der Waals surface area contributed by atoms with Gasteiger partial charge in [0.05, 0.1) is 32.1 Å². The van der Waals surface area contributed by atoms with Gasteiger partial charge in [0.25, 0.3) is 0 Å². The summed E-state index contributed by atoms with van der Waals surface area (Å²) in [5.74, 6) is 1.59. The van der Waals surface area contributed by atoms with Crippen molar-refractivity contribution in [2.75, 3.05) is 20.3 Å². The highest BCUT2D eigenvalue weighted by molar-refractivity contribution is 6.02. The predicted octanol–water partition coefficient (Wildman–Crippen LogP) is 3.30. The van der Waals surface area contributed by atoms with Crippen molar-refractivity contribution in [1.82, 2.24) is 0 Å². The molecule has 0 radical (unpaired) electrons. The van der Waals surface area contributed by atoms with E-state index >= 15 is 0 Å². The van der Waals surface area contributed by atoms with Crippen LogP contribution in [0.25, 0.3) is 0 Å². The van der Waals surface area contributed by atoms with Crippen molar-refractivity contribution in [3.63, 3.8) is 0 Å². The van der Waals surface area contributed by atoms with Gasteiger partial charge >= 0.3 is 0 Å². The highest BCUT2D eigenvalue weighted by Crippen LogP contribution is 2.37. The molecule has 124 valence electrons. The zero-order chi connectivity index (χ0) is 15.7. The molecule has 4 rings (SSSR count). The maximum absolute atomic E-state index is 6.17. The molecule has 5 heteroatoms. The third-order valence-corrected chi connectivity index (χ3v) is 5.00. The summed E-state index contributed by atoms with van der Waals surface area (Å²) in [5.41, 5.74) is 1.76. The van der Waals surface area contributed by atoms with Crippen LogP contribution in [0.2, 0.25) is 0 Å². The van der Waals surface area contributed by atoms with Crippen molar-refractivity contribution in [2.45, 2.75) is 50.2 Å². The number of oxime groups is 1. The first-order chi connectivity index (χ1) is 11.3. The van der Waals surface area contributed by atoms with E-state index in [1.54, 1.807) is 7.11 Å². The Morgan fingerprint density at radius 3 is 2.83 bits per heavy atom. The van der Waals surface area contributed by atoms with Crippen LogP contribution in [0.15, 0.2) is 23.4 Å². The number of rotatable bonds is 4. The quantitative estimate of drug-likeness (QED) is 0.855. The predicted molar refractivity (Wildman–Crippen MR) is 86.3 cm³/mol. The Labute approximate surface area is 136 Å². The molecular formula is C18H23NO4. The van der Waals surface area contributed by atoms with Crippen LogP contribution in [0.1, 0.15) is 44.1 Å². The van der Waals surface area contributed by atoms with Gasteiger partial charge in [-0.1, -0.05) is 5.16 Å². The van der Waals surface area contributed by atoms with Crippen LogP contribution < -0.4 is 9.47 Å². The van der Waals surface area contributed by atoms with Crippen LogP contribution in [0.3, 0.4) is 0 Å². The maximum atomic E-state index is 6.17. The number of hydrogen-bond acceptors (Lipinski definition) is 5. The SMILES string of the molecule is COc1ccc(C2=NO[C@]3(CCOC3)C2)cc1OC1CCCC1. The lowest BCUT2D eigenvalue weighted by atomic mass is 9.93. The summed E-state index contributed by atoms with van der Waals surface area (Å²) in [6.45, 7) is 1.38. The first-order valence-corrected chi connectivity index (χ1v) is 8.46. The van der Waals surface area contributed by atoms with E-state index in [1.807, 2.05) is 18.2 Å². The average molecular weight is 317 g/mol. The molecule has 1 atom stereocenters. The van der Waals surface area contributed by atoms with E-state index in [4.69, 9.17) is 19.0 Å². The summed E-state index contributed by atoms with van der Waals surface area (Å²) in [4.78, 5) is 5.69. The van der Waals surface area contributed by atoms with Crippen molar-refractivity contribution >= 4 is 5.71 Å². The van der Waals surface area contributed by atoms with Crippen LogP contribution in [-0.4, -0.2) is 37.7 Å². The van der Waals surface area contributed by atoms with E-state index in [0.29, 0.717) is 12.7 Å². The summed E-state index contributed by atoms with van der Waals surface area (Å²) >= 11 is 0. The average Bonchev–Trinajstić information content (AvgIpc) is 3.32. The second-order valence-corrected chi connectivity index (χ2v) is 6.68. The lowest BCUT2D eigenvalue weighted by Gasteiger charge is -2.18. The Morgan fingerprint density at radius 2 is 2.09 bits per heavy atom. The summed E-state index contributed by atoms with van der Waals surface area (Å²) in [5, 5.41) is 4.31. The minimum atomic E-state index is -0.248. The fourth-order valence-corrected chi connectivity index (χ4v) is 3.61. The molecule has 3 aliphatic rings. The summed E-state index contributed by atoms with van der Waals surface area (Å²) < 4.78 is 17.1. The van der Waals surface area contributed by atoms with Gasteiger partial charge in [0.15, 0.2) is 17.1 Å². The van der Waals surface area contributed by atoms with Crippen LogP contribution >= 0.6 is 0 Å². The van der Waals surface area contributed by atoms with E-state index in [1.165, 1.54) is 12.8 Å².